The number of aliphatic hydroxyl groups excluding tert-OH is 1. The molecule has 0 heterocycles. The monoisotopic (exact) mass is 282 g/mol. The summed E-state index contributed by atoms with van der Waals surface area (Å²) >= 11 is 6.05. The molecule has 100 valence electrons. The number of aryl methyl sites for hydroxylation is 1. The van der Waals surface area contributed by atoms with Gasteiger partial charge < -0.3 is 5.11 Å². The Kier molecular flexibility index (Phi) is 4.17. The quantitative estimate of drug-likeness (QED) is 0.894. The molecule has 2 aromatic rings. The normalized spacial score (nSPS) is 12.5. The SMILES string of the molecule is Cc1ccc(CC(O)c2cccc(F)c2F)c(Cl)c1. The largest absolute Gasteiger partial charge is 0.388 e. The Hall–Kier alpha value is -1.45. The van der Waals surface area contributed by atoms with Gasteiger partial charge in [0.05, 0.1) is 6.10 Å². The highest BCUT2D eigenvalue weighted by molar-refractivity contribution is 6.31. The second kappa shape index (κ2) is 5.68. The third kappa shape index (κ3) is 3.11. The lowest BCUT2D eigenvalue weighted by Gasteiger charge is -2.13. The third-order valence-corrected chi connectivity index (χ3v) is 3.31. The van der Waals surface area contributed by atoms with Crippen molar-refractivity contribution >= 4 is 11.6 Å². The maximum atomic E-state index is 13.6. The lowest BCUT2D eigenvalue weighted by atomic mass is 10.00. The van der Waals surface area contributed by atoms with Crippen LogP contribution >= 0.6 is 11.6 Å². The highest BCUT2D eigenvalue weighted by atomic mass is 35.5. The average molecular weight is 283 g/mol. The van der Waals surface area contributed by atoms with Crippen molar-refractivity contribution in [2.45, 2.75) is 19.4 Å². The predicted molar refractivity (Wildman–Crippen MR) is 71.2 cm³/mol. The molecule has 1 N–H and O–H groups in total. The fourth-order valence-corrected chi connectivity index (χ4v) is 2.23. The van der Waals surface area contributed by atoms with Gasteiger partial charge in [0.2, 0.25) is 0 Å². The van der Waals surface area contributed by atoms with Gasteiger partial charge in [-0.15, -0.1) is 0 Å². The molecular formula is C15H13ClF2O. The third-order valence-electron chi connectivity index (χ3n) is 2.96. The van der Waals surface area contributed by atoms with Crippen molar-refractivity contribution in [3.63, 3.8) is 0 Å². The van der Waals surface area contributed by atoms with Gasteiger partial charge in [-0.1, -0.05) is 35.9 Å². The van der Waals surface area contributed by atoms with Gasteiger partial charge in [-0.2, -0.15) is 0 Å². The van der Waals surface area contributed by atoms with Crippen molar-refractivity contribution in [2.75, 3.05) is 0 Å². The molecule has 0 fully saturated rings. The van der Waals surface area contributed by atoms with E-state index < -0.39 is 17.7 Å². The van der Waals surface area contributed by atoms with Crippen molar-refractivity contribution in [1.82, 2.24) is 0 Å². The Morgan fingerprint density at radius 2 is 1.95 bits per heavy atom. The molecule has 2 aromatic carbocycles. The van der Waals surface area contributed by atoms with E-state index in [9.17, 15) is 13.9 Å². The molecule has 1 unspecified atom stereocenters. The van der Waals surface area contributed by atoms with E-state index in [4.69, 9.17) is 11.6 Å². The summed E-state index contributed by atoms with van der Waals surface area (Å²) < 4.78 is 26.6. The summed E-state index contributed by atoms with van der Waals surface area (Å²) in [6, 6.07) is 9.16. The summed E-state index contributed by atoms with van der Waals surface area (Å²) in [6.07, 6.45) is -0.990. The van der Waals surface area contributed by atoms with E-state index in [-0.39, 0.29) is 12.0 Å². The lowest BCUT2D eigenvalue weighted by molar-refractivity contribution is 0.172. The van der Waals surface area contributed by atoms with E-state index in [1.807, 2.05) is 13.0 Å². The number of benzene rings is 2. The van der Waals surface area contributed by atoms with E-state index in [1.165, 1.54) is 12.1 Å². The van der Waals surface area contributed by atoms with E-state index >= 15 is 0 Å². The molecule has 2 rings (SSSR count). The zero-order valence-electron chi connectivity index (χ0n) is 10.3. The van der Waals surface area contributed by atoms with E-state index in [0.29, 0.717) is 10.6 Å². The fourth-order valence-electron chi connectivity index (χ4n) is 1.91. The molecule has 0 amide bonds. The van der Waals surface area contributed by atoms with Crippen LogP contribution in [0.5, 0.6) is 0 Å². The molecule has 0 radical (unpaired) electrons. The summed E-state index contributed by atoms with van der Waals surface area (Å²) in [7, 11) is 0. The van der Waals surface area contributed by atoms with Gasteiger partial charge in [-0.05, 0) is 30.2 Å². The van der Waals surface area contributed by atoms with Crippen LogP contribution in [0, 0.1) is 18.6 Å². The lowest BCUT2D eigenvalue weighted by Crippen LogP contribution is -2.06. The van der Waals surface area contributed by atoms with Crippen LogP contribution in [0.2, 0.25) is 5.02 Å². The predicted octanol–water partition coefficient (Wildman–Crippen LogP) is 4.20. The van der Waals surface area contributed by atoms with Crippen LogP contribution in [0.1, 0.15) is 22.8 Å². The first kappa shape index (κ1) is 14.0. The Morgan fingerprint density at radius 3 is 2.63 bits per heavy atom. The first-order chi connectivity index (χ1) is 8.99. The maximum Gasteiger partial charge on any atom is 0.164 e. The minimum Gasteiger partial charge on any atom is -0.388 e. The van der Waals surface area contributed by atoms with Crippen LogP contribution in [-0.2, 0) is 6.42 Å². The van der Waals surface area contributed by atoms with Gasteiger partial charge in [0.15, 0.2) is 11.6 Å². The van der Waals surface area contributed by atoms with Gasteiger partial charge in [-0.3, -0.25) is 0 Å². The molecular weight excluding hydrogens is 270 g/mol. The second-order valence-corrected chi connectivity index (χ2v) is 4.87. The first-order valence-corrected chi connectivity index (χ1v) is 6.24. The zero-order valence-corrected chi connectivity index (χ0v) is 11.1. The van der Waals surface area contributed by atoms with Gasteiger partial charge in [0, 0.05) is 17.0 Å². The van der Waals surface area contributed by atoms with Gasteiger partial charge in [0.25, 0.3) is 0 Å². The molecule has 0 aliphatic carbocycles. The molecule has 0 spiro atoms. The molecule has 1 nitrogen and oxygen atoms in total. The van der Waals surface area contributed by atoms with Crippen molar-refractivity contribution < 1.29 is 13.9 Å². The van der Waals surface area contributed by atoms with Crippen LogP contribution in [0.25, 0.3) is 0 Å². The summed E-state index contributed by atoms with van der Waals surface area (Å²) in [6.45, 7) is 1.90. The molecule has 0 bridgehead atoms. The molecule has 0 aliphatic rings. The average Bonchev–Trinajstić information content (AvgIpc) is 2.36. The minimum absolute atomic E-state index is 0.0587. The molecule has 0 saturated heterocycles. The number of rotatable bonds is 3. The van der Waals surface area contributed by atoms with Crippen molar-refractivity contribution in [1.29, 1.82) is 0 Å². The van der Waals surface area contributed by atoms with E-state index in [0.717, 1.165) is 11.6 Å². The Balaban J connectivity index is 2.25. The number of hydrogen-bond donors (Lipinski definition) is 1. The Labute approximate surface area is 115 Å². The smallest absolute Gasteiger partial charge is 0.164 e. The number of aliphatic hydroxyl groups is 1. The topological polar surface area (TPSA) is 20.2 Å². The summed E-state index contributed by atoms with van der Waals surface area (Å²) in [5.41, 5.74) is 1.64. The number of hydrogen-bond acceptors (Lipinski definition) is 1. The van der Waals surface area contributed by atoms with Crippen molar-refractivity contribution in [2.24, 2.45) is 0 Å². The van der Waals surface area contributed by atoms with E-state index in [2.05, 4.69) is 0 Å². The molecule has 4 heteroatoms. The van der Waals surface area contributed by atoms with Crippen molar-refractivity contribution in [3.8, 4) is 0 Å². The maximum absolute atomic E-state index is 13.6. The second-order valence-electron chi connectivity index (χ2n) is 4.46. The van der Waals surface area contributed by atoms with Crippen LogP contribution in [0.3, 0.4) is 0 Å². The molecule has 0 aromatic heterocycles. The van der Waals surface area contributed by atoms with Crippen LogP contribution < -0.4 is 0 Å². The Bertz CT molecular complexity index is 599. The summed E-state index contributed by atoms with van der Waals surface area (Å²) in [4.78, 5) is 0. The Morgan fingerprint density at radius 1 is 1.21 bits per heavy atom. The first-order valence-electron chi connectivity index (χ1n) is 5.86. The minimum atomic E-state index is -1.13. The zero-order chi connectivity index (χ0) is 14.0. The van der Waals surface area contributed by atoms with Gasteiger partial charge in [0.1, 0.15) is 0 Å². The molecule has 19 heavy (non-hydrogen) atoms. The summed E-state index contributed by atoms with van der Waals surface area (Å²) in [5.74, 6) is -1.98. The van der Waals surface area contributed by atoms with Gasteiger partial charge in [-0.25, -0.2) is 8.78 Å². The summed E-state index contributed by atoms with van der Waals surface area (Å²) in [5, 5.41) is 10.5. The number of halogens is 3. The molecule has 1 atom stereocenters. The fraction of sp³-hybridized carbons (Fsp3) is 0.200. The standard InChI is InChI=1S/C15H13ClF2O/c1-9-5-6-10(12(16)7-9)8-14(19)11-3-2-4-13(17)15(11)18/h2-7,14,19H,8H2,1H3. The van der Waals surface area contributed by atoms with Crippen LogP contribution in [0.15, 0.2) is 36.4 Å². The van der Waals surface area contributed by atoms with Crippen LogP contribution in [-0.4, -0.2) is 5.11 Å². The molecule has 0 saturated carbocycles. The highest BCUT2D eigenvalue weighted by Crippen LogP contribution is 2.26. The molecule has 0 aliphatic heterocycles. The van der Waals surface area contributed by atoms with Gasteiger partial charge >= 0.3 is 0 Å². The van der Waals surface area contributed by atoms with Crippen molar-refractivity contribution in [3.05, 3.63) is 69.7 Å². The highest BCUT2D eigenvalue weighted by Gasteiger charge is 2.17. The van der Waals surface area contributed by atoms with Crippen LogP contribution in [0.4, 0.5) is 8.78 Å². The van der Waals surface area contributed by atoms with E-state index in [1.54, 1.807) is 12.1 Å².